The van der Waals surface area contributed by atoms with E-state index in [9.17, 15) is 9.59 Å². The van der Waals surface area contributed by atoms with Gasteiger partial charge in [-0.2, -0.15) is 16.1 Å². The highest BCUT2D eigenvalue weighted by molar-refractivity contribution is 7.08. The molecule has 0 radical (unpaired) electrons. The van der Waals surface area contributed by atoms with Gasteiger partial charge in [0.2, 0.25) is 5.82 Å². The Hall–Kier alpha value is -2.98. The zero-order chi connectivity index (χ0) is 19.2. The lowest BCUT2D eigenvalue weighted by Gasteiger charge is -2.10. The van der Waals surface area contributed by atoms with Gasteiger partial charge in [0, 0.05) is 16.0 Å². The zero-order valence-corrected chi connectivity index (χ0v) is 15.7. The van der Waals surface area contributed by atoms with Crippen LogP contribution in [-0.2, 0) is 20.9 Å². The number of carbonyl (C=O) groups excluding carboxylic acids is 2. The Morgan fingerprint density at radius 2 is 2.19 bits per heavy atom. The Morgan fingerprint density at radius 3 is 2.93 bits per heavy atom. The number of aromatic nitrogens is 4. The fraction of sp³-hybridized carbons (Fsp3) is 0.188. The van der Waals surface area contributed by atoms with Crippen LogP contribution in [-0.4, -0.2) is 45.8 Å². The molecular weight excluding hydrogens is 394 g/mol. The highest BCUT2D eigenvalue weighted by Gasteiger charge is 2.13. The zero-order valence-electron chi connectivity index (χ0n) is 14.1. The highest BCUT2D eigenvalue weighted by Crippen LogP contribution is 2.27. The van der Waals surface area contributed by atoms with Gasteiger partial charge in [0.1, 0.15) is 5.75 Å². The summed E-state index contributed by atoms with van der Waals surface area (Å²) in [7, 11) is 1.47. The van der Waals surface area contributed by atoms with Crippen molar-refractivity contribution in [2.45, 2.75) is 6.54 Å². The normalized spacial score (nSPS) is 10.4. The molecule has 3 aromatic rings. The predicted octanol–water partition coefficient (Wildman–Crippen LogP) is 2.25. The first-order valence-corrected chi connectivity index (χ1v) is 8.96. The van der Waals surface area contributed by atoms with Gasteiger partial charge in [0.15, 0.2) is 13.2 Å². The third kappa shape index (κ3) is 5.02. The number of thiophene rings is 1. The van der Waals surface area contributed by atoms with Gasteiger partial charge in [-0.3, -0.25) is 4.79 Å². The molecule has 0 spiro atoms. The summed E-state index contributed by atoms with van der Waals surface area (Å²) in [4.78, 5) is 24.9. The van der Waals surface area contributed by atoms with Gasteiger partial charge in [0.25, 0.3) is 5.91 Å². The molecule has 1 N–H and O–H groups in total. The van der Waals surface area contributed by atoms with E-state index in [1.165, 1.54) is 24.5 Å². The molecule has 1 aromatic carbocycles. The topological polar surface area (TPSA) is 108 Å². The maximum Gasteiger partial charge on any atom is 0.330 e. The van der Waals surface area contributed by atoms with E-state index in [0.29, 0.717) is 22.3 Å². The molecule has 0 saturated heterocycles. The van der Waals surface area contributed by atoms with Gasteiger partial charge in [-0.25, -0.2) is 4.79 Å². The van der Waals surface area contributed by atoms with Crippen molar-refractivity contribution < 1.29 is 19.1 Å². The van der Waals surface area contributed by atoms with E-state index >= 15 is 0 Å². The van der Waals surface area contributed by atoms with Crippen LogP contribution >= 0.6 is 22.9 Å². The fourth-order valence-electron chi connectivity index (χ4n) is 2.09. The minimum Gasteiger partial charge on any atom is -0.495 e. The Kier molecular flexibility index (Phi) is 5.99. The van der Waals surface area contributed by atoms with Gasteiger partial charge in [-0.1, -0.05) is 11.6 Å². The number of esters is 1. The lowest BCUT2D eigenvalue weighted by Crippen LogP contribution is -2.23. The van der Waals surface area contributed by atoms with Crippen LogP contribution < -0.4 is 10.1 Å². The molecule has 2 aromatic heterocycles. The van der Waals surface area contributed by atoms with Crippen LogP contribution in [0.25, 0.3) is 11.4 Å². The third-order valence-corrected chi connectivity index (χ3v) is 4.22. The number of rotatable bonds is 7. The second kappa shape index (κ2) is 8.60. The lowest BCUT2D eigenvalue weighted by atomic mass is 10.3. The fourth-order valence-corrected chi connectivity index (χ4v) is 2.90. The SMILES string of the molecule is COc1ccc(Cl)cc1NC(=O)COC(=O)Cn1nnc(-c2ccsc2)n1. The maximum atomic E-state index is 12.0. The molecule has 0 unspecified atom stereocenters. The third-order valence-electron chi connectivity index (χ3n) is 3.30. The summed E-state index contributed by atoms with van der Waals surface area (Å²) in [6, 6.07) is 6.63. The van der Waals surface area contributed by atoms with Gasteiger partial charge < -0.3 is 14.8 Å². The first-order chi connectivity index (χ1) is 13.0. The Bertz CT molecular complexity index is 944. The monoisotopic (exact) mass is 407 g/mol. The summed E-state index contributed by atoms with van der Waals surface area (Å²) >= 11 is 7.40. The Labute approximate surface area is 162 Å². The van der Waals surface area contributed by atoms with Crippen molar-refractivity contribution in [2.24, 2.45) is 0 Å². The first-order valence-electron chi connectivity index (χ1n) is 7.64. The average molecular weight is 408 g/mol. The number of ether oxygens (including phenoxy) is 2. The Morgan fingerprint density at radius 1 is 1.33 bits per heavy atom. The standard InChI is InChI=1S/C16H14ClN5O4S/c1-25-13-3-2-11(17)6-12(13)18-14(23)8-26-15(24)7-22-20-16(19-21-22)10-4-5-27-9-10/h2-6,9H,7-8H2,1H3,(H,18,23). The summed E-state index contributed by atoms with van der Waals surface area (Å²) in [6.45, 7) is -0.731. The van der Waals surface area contributed by atoms with Crippen molar-refractivity contribution in [3.63, 3.8) is 0 Å². The van der Waals surface area contributed by atoms with Gasteiger partial charge in [-0.15, -0.1) is 10.2 Å². The number of methoxy groups -OCH3 is 1. The average Bonchev–Trinajstić information content (AvgIpc) is 3.32. The minimum atomic E-state index is -0.669. The van der Waals surface area contributed by atoms with E-state index in [-0.39, 0.29) is 6.54 Å². The molecule has 0 aliphatic carbocycles. The number of nitrogens with zero attached hydrogens (tertiary/aromatic N) is 4. The molecule has 0 fully saturated rings. The van der Waals surface area contributed by atoms with E-state index in [0.717, 1.165) is 10.4 Å². The van der Waals surface area contributed by atoms with Crippen LogP contribution in [0, 0.1) is 0 Å². The lowest BCUT2D eigenvalue weighted by molar-refractivity contribution is -0.148. The van der Waals surface area contributed by atoms with Crippen molar-refractivity contribution >= 4 is 40.5 Å². The summed E-state index contributed by atoms with van der Waals surface area (Å²) in [5.74, 6) is -0.353. The van der Waals surface area contributed by atoms with Crippen LogP contribution in [0.4, 0.5) is 5.69 Å². The van der Waals surface area contributed by atoms with Crippen LogP contribution in [0.3, 0.4) is 0 Å². The van der Waals surface area contributed by atoms with E-state index in [1.807, 2.05) is 16.8 Å². The number of amides is 1. The first kappa shape index (κ1) is 18.8. The second-order valence-electron chi connectivity index (χ2n) is 5.21. The number of hydrogen-bond acceptors (Lipinski definition) is 8. The van der Waals surface area contributed by atoms with Crippen molar-refractivity contribution in [3.05, 3.63) is 40.0 Å². The number of tetrazole rings is 1. The van der Waals surface area contributed by atoms with Crippen molar-refractivity contribution in [3.8, 4) is 17.1 Å². The minimum absolute atomic E-state index is 0.259. The molecule has 3 rings (SSSR count). The number of hydrogen-bond donors (Lipinski definition) is 1. The second-order valence-corrected chi connectivity index (χ2v) is 6.43. The summed E-state index contributed by atoms with van der Waals surface area (Å²) in [5, 5.41) is 18.5. The molecule has 0 aliphatic heterocycles. The van der Waals surface area contributed by atoms with Gasteiger partial charge in [0.05, 0.1) is 12.8 Å². The van der Waals surface area contributed by atoms with E-state index < -0.39 is 18.5 Å². The number of benzene rings is 1. The van der Waals surface area contributed by atoms with Gasteiger partial charge in [-0.05, 0) is 34.9 Å². The molecule has 0 bridgehead atoms. The predicted molar refractivity (Wildman–Crippen MR) is 98.7 cm³/mol. The Balaban J connectivity index is 1.50. The number of anilines is 1. The number of halogens is 1. The van der Waals surface area contributed by atoms with Crippen molar-refractivity contribution in [2.75, 3.05) is 19.0 Å². The van der Waals surface area contributed by atoms with Crippen LogP contribution in [0.5, 0.6) is 5.75 Å². The van der Waals surface area contributed by atoms with E-state index in [4.69, 9.17) is 21.1 Å². The molecule has 11 heteroatoms. The molecule has 27 heavy (non-hydrogen) atoms. The van der Waals surface area contributed by atoms with Crippen LogP contribution in [0.1, 0.15) is 0 Å². The number of carbonyl (C=O) groups is 2. The summed E-state index contributed by atoms with van der Waals surface area (Å²) in [6.07, 6.45) is 0. The molecule has 2 heterocycles. The summed E-state index contributed by atoms with van der Waals surface area (Å²) in [5.41, 5.74) is 1.19. The molecule has 0 atom stereocenters. The molecule has 140 valence electrons. The van der Waals surface area contributed by atoms with Crippen molar-refractivity contribution in [1.29, 1.82) is 0 Å². The van der Waals surface area contributed by atoms with Crippen LogP contribution in [0.15, 0.2) is 35.0 Å². The molecule has 9 nitrogen and oxygen atoms in total. The number of nitrogens with one attached hydrogen (secondary N) is 1. The molecule has 1 amide bonds. The molecule has 0 aliphatic rings. The van der Waals surface area contributed by atoms with Gasteiger partial charge >= 0.3 is 5.97 Å². The van der Waals surface area contributed by atoms with E-state index in [1.54, 1.807) is 12.1 Å². The van der Waals surface area contributed by atoms with E-state index in [2.05, 4.69) is 20.7 Å². The highest BCUT2D eigenvalue weighted by atomic mass is 35.5. The molecular formula is C16H14ClN5O4S. The molecule has 0 saturated carbocycles. The van der Waals surface area contributed by atoms with Crippen LogP contribution in [0.2, 0.25) is 5.02 Å². The maximum absolute atomic E-state index is 12.0. The summed E-state index contributed by atoms with van der Waals surface area (Å²) < 4.78 is 10.1. The van der Waals surface area contributed by atoms with Crippen molar-refractivity contribution in [1.82, 2.24) is 20.2 Å². The smallest absolute Gasteiger partial charge is 0.330 e. The largest absolute Gasteiger partial charge is 0.495 e. The quantitative estimate of drug-likeness (QED) is 0.598.